The van der Waals surface area contributed by atoms with Crippen molar-refractivity contribution in [3.8, 4) is 5.75 Å². The zero-order chi connectivity index (χ0) is 18.6. The molecule has 0 aliphatic rings. The van der Waals surface area contributed by atoms with Crippen LogP contribution in [-0.4, -0.2) is 25.0 Å². The standard InChI is InChI=1S/C18H18ClFN2O3/c1-10(2)21-17(23)11-4-6-14(19)15(8-11)22-18(24)13-9-12(20)5-7-16(13)25-3/h4-10H,1-3H3,(H,21,23)(H,22,24). The van der Waals surface area contributed by atoms with Gasteiger partial charge in [-0.25, -0.2) is 4.39 Å². The van der Waals surface area contributed by atoms with E-state index in [0.29, 0.717) is 5.56 Å². The van der Waals surface area contributed by atoms with Crippen LogP contribution in [0.2, 0.25) is 5.02 Å². The van der Waals surface area contributed by atoms with Gasteiger partial charge in [-0.1, -0.05) is 11.6 Å². The lowest BCUT2D eigenvalue weighted by atomic mass is 10.1. The van der Waals surface area contributed by atoms with Gasteiger partial charge in [0.15, 0.2) is 0 Å². The van der Waals surface area contributed by atoms with Crippen molar-refractivity contribution < 1.29 is 18.7 Å². The lowest BCUT2D eigenvalue weighted by Crippen LogP contribution is -2.30. The smallest absolute Gasteiger partial charge is 0.259 e. The van der Waals surface area contributed by atoms with E-state index in [1.54, 1.807) is 6.07 Å². The van der Waals surface area contributed by atoms with Crippen molar-refractivity contribution in [2.45, 2.75) is 19.9 Å². The fourth-order valence-corrected chi connectivity index (χ4v) is 2.32. The maximum Gasteiger partial charge on any atom is 0.259 e. The number of hydrogen-bond acceptors (Lipinski definition) is 3. The first-order valence-corrected chi connectivity index (χ1v) is 7.95. The average Bonchev–Trinajstić information content (AvgIpc) is 2.56. The minimum Gasteiger partial charge on any atom is -0.496 e. The molecule has 0 saturated carbocycles. The van der Waals surface area contributed by atoms with Crippen LogP contribution in [0.1, 0.15) is 34.6 Å². The van der Waals surface area contributed by atoms with Crippen LogP contribution in [0, 0.1) is 5.82 Å². The normalized spacial score (nSPS) is 10.5. The predicted molar refractivity (Wildman–Crippen MR) is 95.0 cm³/mol. The second kappa shape index (κ2) is 7.98. The number of hydrogen-bond donors (Lipinski definition) is 2. The van der Waals surface area contributed by atoms with Crippen LogP contribution < -0.4 is 15.4 Å². The Kier molecular flexibility index (Phi) is 5.98. The van der Waals surface area contributed by atoms with E-state index in [2.05, 4.69) is 10.6 Å². The van der Waals surface area contributed by atoms with Gasteiger partial charge in [0.25, 0.3) is 11.8 Å². The molecule has 2 aromatic carbocycles. The second-order valence-electron chi connectivity index (χ2n) is 5.62. The van der Waals surface area contributed by atoms with Crippen molar-refractivity contribution in [1.82, 2.24) is 5.32 Å². The number of methoxy groups -OCH3 is 1. The van der Waals surface area contributed by atoms with Crippen LogP contribution in [0.25, 0.3) is 0 Å². The third-order valence-corrected chi connectivity index (χ3v) is 3.63. The number of benzene rings is 2. The van der Waals surface area contributed by atoms with Crippen molar-refractivity contribution in [1.29, 1.82) is 0 Å². The molecule has 2 N–H and O–H groups in total. The van der Waals surface area contributed by atoms with E-state index < -0.39 is 11.7 Å². The Morgan fingerprint density at radius 1 is 1.12 bits per heavy atom. The molecule has 7 heteroatoms. The summed E-state index contributed by atoms with van der Waals surface area (Å²) in [6.07, 6.45) is 0. The van der Waals surface area contributed by atoms with Crippen LogP contribution in [0.3, 0.4) is 0 Å². The van der Waals surface area contributed by atoms with Crippen LogP contribution in [0.4, 0.5) is 10.1 Å². The van der Waals surface area contributed by atoms with E-state index in [1.807, 2.05) is 13.8 Å². The van der Waals surface area contributed by atoms with E-state index in [0.717, 1.165) is 6.07 Å². The Morgan fingerprint density at radius 3 is 2.48 bits per heavy atom. The van der Waals surface area contributed by atoms with Gasteiger partial charge in [-0.2, -0.15) is 0 Å². The van der Waals surface area contributed by atoms with E-state index in [9.17, 15) is 14.0 Å². The summed E-state index contributed by atoms with van der Waals surface area (Å²) < 4.78 is 18.5. The Hall–Kier alpha value is -2.60. The number of ether oxygens (including phenoxy) is 1. The summed E-state index contributed by atoms with van der Waals surface area (Å²) in [7, 11) is 1.38. The summed E-state index contributed by atoms with van der Waals surface area (Å²) in [6.45, 7) is 3.68. The SMILES string of the molecule is COc1ccc(F)cc1C(=O)Nc1cc(C(=O)NC(C)C)ccc1Cl. The maximum atomic E-state index is 13.4. The highest BCUT2D eigenvalue weighted by Crippen LogP contribution is 2.26. The molecule has 0 spiro atoms. The van der Waals surface area contributed by atoms with E-state index in [-0.39, 0.29) is 34.0 Å². The number of rotatable bonds is 5. The van der Waals surface area contributed by atoms with Crippen molar-refractivity contribution in [3.63, 3.8) is 0 Å². The summed E-state index contributed by atoms with van der Waals surface area (Å²) in [4.78, 5) is 24.5. The number of halogens is 2. The third kappa shape index (κ3) is 4.70. The zero-order valence-electron chi connectivity index (χ0n) is 14.0. The first-order chi connectivity index (χ1) is 11.8. The fourth-order valence-electron chi connectivity index (χ4n) is 2.16. The van der Waals surface area contributed by atoms with Gasteiger partial charge in [-0.15, -0.1) is 0 Å². The fraction of sp³-hybridized carbons (Fsp3) is 0.222. The van der Waals surface area contributed by atoms with Crippen LogP contribution in [0.15, 0.2) is 36.4 Å². The van der Waals surface area contributed by atoms with Crippen molar-refractivity contribution in [2.24, 2.45) is 0 Å². The van der Waals surface area contributed by atoms with E-state index in [4.69, 9.17) is 16.3 Å². The van der Waals surface area contributed by atoms with Gasteiger partial charge in [0.2, 0.25) is 0 Å². The zero-order valence-corrected chi connectivity index (χ0v) is 14.8. The molecular formula is C18H18ClFN2O3. The molecule has 0 aliphatic carbocycles. The topological polar surface area (TPSA) is 67.4 Å². The van der Waals surface area contributed by atoms with Crippen LogP contribution in [-0.2, 0) is 0 Å². The molecule has 0 aromatic heterocycles. The average molecular weight is 365 g/mol. The molecule has 2 aromatic rings. The Morgan fingerprint density at radius 2 is 1.84 bits per heavy atom. The molecule has 0 bridgehead atoms. The second-order valence-corrected chi connectivity index (χ2v) is 6.03. The molecule has 0 saturated heterocycles. The molecule has 132 valence electrons. The van der Waals surface area contributed by atoms with Crippen molar-refractivity contribution >= 4 is 29.1 Å². The Bertz CT molecular complexity index is 809. The summed E-state index contributed by atoms with van der Waals surface area (Å²) in [5.41, 5.74) is 0.615. The molecule has 0 heterocycles. The quantitative estimate of drug-likeness (QED) is 0.846. The van der Waals surface area contributed by atoms with Gasteiger partial charge in [0.05, 0.1) is 23.4 Å². The highest BCUT2D eigenvalue weighted by molar-refractivity contribution is 6.34. The van der Waals surface area contributed by atoms with Crippen LogP contribution >= 0.6 is 11.6 Å². The molecule has 0 aliphatic heterocycles. The van der Waals surface area contributed by atoms with E-state index in [1.165, 1.54) is 31.4 Å². The van der Waals surface area contributed by atoms with Gasteiger partial charge >= 0.3 is 0 Å². The van der Waals surface area contributed by atoms with Crippen LogP contribution in [0.5, 0.6) is 5.75 Å². The van der Waals surface area contributed by atoms with Gasteiger partial charge in [-0.3, -0.25) is 9.59 Å². The third-order valence-electron chi connectivity index (χ3n) is 3.30. The lowest BCUT2D eigenvalue weighted by Gasteiger charge is -2.13. The van der Waals surface area contributed by atoms with E-state index >= 15 is 0 Å². The number of nitrogens with one attached hydrogen (secondary N) is 2. The molecule has 2 amide bonds. The molecule has 25 heavy (non-hydrogen) atoms. The lowest BCUT2D eigenvalue weighted by molar-refractivity contribution is 0.0941. The molecule has 0 radical (unpaired) electrons. The summed E-state index contributed by atoms with van der Waals surface area (Å²) in [6, 6.07) is 8.12. The monoisotopic (exact) mass is 364 g/mol. The van der Waals surface area contributed by atoms with Gasteiger partial charge in [0.1, 0.15) is 11.6 Å². The molecule has 2 rings (SSSR count). The number of carbonyl (C=O) groups is 2. The number of amides is 2. The Labute approximate surface area is 150 Å². The predicted octanol–water partition coefficient (Wildman–Crippen LogP) is 3.88. The molecular weight excluding hydrogens is 347 g/mol. The highest BCUT2D eigenvalue weighted by Gasteiger charge is 2.16. The molecule has 0 fully saturated rings. The highest BCUT2D eigenvalue weighted by atomic mass is 35.5. The summed E-state index contributed by atoms with van der Waals surface area (Å²) >= 11 is 6.09. The minimum absolute atomic E-state index is 0.0237. The molecule has 0 unspecified atom stereocenters. The largest absolute Gasteiger partial charge is 0.496 e. The van der Waals surface area contributed by atoms with Crippen molar-refractivity contribution in [3.05, 3.63) is 58.4 Å². The molecule has 0 atom stereocenters. The summed E-state index contributed by atoms with van der Waals surface area (Å²) in [5.74, 6) is -1.23. The maximum absolute atomic E-state index is 13.4. The van der Waals surface area contributed by atoms with Crippen molar-refractivity contribution in [2.75, 3.05) is 12.4 Å². The van der Waals surface area contributed by atoms with Gasteiger partial charge in [-0.05, 0) is 50.2 Å². The summed E-state index contributed by atoms with van der Waals surface area (Å²) in [5, 5.41) is 5.59. The van der Waals surface area contributed by atoms with Gasteiger partial charge in [0, 0.05) is 11.6 Å². The first-order valence-electron chi connectivity index (χ1n) is 7.57. The first kappa shape index (κ1) is 18.7. The number of carbonyl (C=O) groups excluding carboxylic acids is 2. The van der Waals surface area contributed by atoms with Gasteiger partial charge < -0.3 is 15.4 Å². The molecule has 5 nitrogen and oxygen atoms in total. The number of anilines is 1. The minimum atomic E-state index is -0.598. The Balaban J connectivity index is 2.29.